The molecule has 2 N–H and O–H groups in total. The zero-order chi connectivity index (χ0) is 12.8. The fourth-order valence-corrected chi connectivity index (χ4v) is 4.34. The van der Waals surface area contributed by atoms with Gasteiger partial charge in [-0.1, -0.05) is 6.07 Å². The van der Waals surface area contributed by atoms with Crippen molar-refractivity contribution in [3.05, 3.63) is 22.4 Å². The molecule has 4 nitrogen and oxygen atoms in total. The van der Waals surface area contributed by atoms with Crippen LogP contribution in [0, 0.1) is 11.8 Å². The maximum Gasteiger partial charge on any atom is 0.407 e. The molecule has 2 heterocycles. The lowest BCUT2D eigenvalue weighted by molar-refractivity contribution is 0.0362. The van der Waals surface area contributed by atoms with Crippen LogP contribution in [0.3, 0.4) is 0 Å². The highest BCUT2D eigenvalue weighted by Gasteiger charge is 2.49. The summed E-state index contributed by atoms with van der Waals surface area (Å²) in [4.78, 5) is 13.6. The van der Waals surface area contributed by atoms with Crippen molar-refractivity contribution in [1.29, 1.82) is 0 Å². The zero-order valence-corrected chi connectivity index (χ0v) is 10.9. The van der Waals surface area contributed by atoms with Gasteiger partial charge in [-0.05, 0) is 36.1 Å². The van der Waals surface area contributed by atoms with E-state index in [0.717, 1.165) is 12.8 Å². The van der Waals surface area contributed by atoms with Gasteiger partial charge in [0.15, 0.2) is 0 Å². The van der Waals surface area contributed by atoms with Crippen molar-refractivity contribution in [2.24, 2.45) is 11.8 Å². The molecule has 1 aliphatic carbocycles. The Morgan fingerprint density at radius 2 is 2.11 bits per heavy atom. The van der Waals surface area contributed by atoms with Crippen LogP contribution in [0.15, 0.2) is 17.5 Å². The normalized spacial score (nSPS) is 34.8. The quantitative estimate of drug-likeness (QED) is 0.862. The lowest BCUT2D eigenvalue weighted by Gasteiger charge is -2.24. The van der Waals surface area contributed by atoms with E-state index in [1.807, 2.05) is 11.4 Å². The first kappa shape index (κ1) is 12.0. The molecule has 1 saturated heterocycles. The Morgan fingerprint density at radius 3 is 2.61 bits per heavy atom. The monoisotopic (exact) mass is 267 g/mol. The van der Waals surface area contributed by atoms with Gasteiger partial charge in [0.25, 0.3) is 0 Å². The maximum atomic E-state index is 10.9. The van der Waals surface area contributed by atoms with Crippen molar-refractivity contribution < 1.29 is 15.0 Å². The second kappa shape index (κ2) is 4.24. The number of carboxylic acid groups (broad SMARTS) is 1. The summed E-state index contributed by atoms with van der Waals surface area (Å²) in [7, 11) is 0. The molecule has 3 atom stereocenters. The lowest BCUT2D eigenvalue weighted by Crippen LogP contribution is -2.33. The van der Waals surface area contributed by atoms with Gasteiger partial charge >= 0.3 is 6.09 Å². The van der Waals surface area contributed by atoms with Crippen LogP contribution in [0.25, 0.3) is 0 Å². The summed E-state index contributed by atoms with van der Waals surface area (Å²) in [6.07, 6.45) is 1.36. The fourth-order valence-electron chi connectivity index (χ4n) is 3.50. The highest BCUT2D eigenvalue weighted by atomic mass is 32.1. The first-order valence-electron chi connectivity index (χ1n) is 6.28. The van der Waals surface area contributed by atoms with Gasteiger partial charge in [-0.15, -0.1) is 11.3 Å². The van der Waals surface area contributed by atoms with E-state index in [-0.39, 0.29) is 0 Å². The van der Waals surface area contributed by atoms with Crippen LogP contribution >= 0.6 is 11.3 Å². The van der Waals surface area contributed by atoms with Crippen molar-refractivity contribution in [2.45, 2.75) is 24.9 Å². The number of rotatable bonds is 2. The molecule has 18 heavy (non-hydrogen) atoms. The van der Waals surface area contributed by atoms with Gasteiger partial charge in [-0.3, -0.25) is 0 Å². The standard InChI is InChI=1S/C13H17NO3S/c15-12(16)14-7-9-4-13(17,5-10(9)8-14)6-11-2-1-3-18-11/h1-3,9-10,17H,4-8H2,(H,15,16)/t9-,10+,13?. The predicted octanol–water partition coefficient (Wildman–Crippen LogP) is 2.04. The SMILES string of the molecule is O=C(O)N1C[C@@H]2CC(O)(Cc3cccs3)C[C@@H]2C1. The molecule has 2 aliphatic rings. The number of hydrogen-bond acceptors (Lipinski definition) is 3. The van der Waals surface area contributed by atoms with Crippen LogP contribution in [0.5, 0.6) is 0 Å². The summed E-state index contributed by atoms with van der Waals surface area (Å²) in [6, 6.07) is 4.06. The van der Waals surface area contributed by atoms with E-state index in [1.54, 1.807) is 11.3 Å². The van der Waals surface area contributed by atoms with Crippen molar-refractivity contribution in [3.8, 4) is 0 Å². The third kappa shape index (κ3) is 2.12. The number of nitrogens with zero attached hydrogens (tertiary/aromatic N) is 1. The molecule has 98 valence electrons. The Morgan fingerprint density at radius 1 is 1.44 bits per heavy atom. The van der Waals surface area contributed by atoms with E-state index >= 15 is 0 Å². The molecule has 1 aliphatic heterocycles. The van der Waals surface area contributed by atoms with Crippen molar-refractivity contribution >= 4 is 17.4 Å². The van der Waals surface area contributed by atoms with Gasteiger partial charge in [0, 0.05) is 24.4 Å². The number of carbonyl (C=O) groups is 1. The minimum absolute atomic E-state index is 0.339. The summed E-state index contributed by atoms with van der Waals surface area (Å²) >= 11 is 1.68. The third-order valence-corrected chi connectivity index (χ3v) is 5.09. The summed E-state index contributed by atoms with van der Waals surface area (Å²) < 4.78 is 0. The predicted molar refractivity (Wildman–Crippen MR) is 68.8 cm³/mol. The van der Waals surface area contributed by atoms with Crippen molar-refractivity contribution in [3.63, 3.8) is 0 Å². The van der Waals surface area contributed by atoms with Gasteiger partial charge in [0.2, 0.25) is 0 Å². The van der Waals surface area contributed by atoms with Crippen molar-refractivity contribution in [2.75, 3.05) is 13.1 Å². The largest absolute Gasteiger partial charge is 0.465 e. The number of thiophene rings is 1. The fraction of sp³-hybridized carbons (Fsp3) is 0.615. The van der Waals surface area contributed by atoms with E-state index in [1.165, 1.54) is 9.78 Å². The second-order valence-corrected chi connectivity index (χ2v) is 6.63. The molecular formula is C13H17NO3S. The molecule has 1 saturated carbocycles. The summed E-state index contributed by atoms with van der Waals surface area (Å²) in [6.45, 7) is 1.18. The molecule has 0 bridgehead atoms. The molecule has 5 heteroatoms. The molecule has 0 radical (unpaired) electrons. The first-order valence-corrected chi connectivity index (χ1v) is 7.16. The average Bonchev–Trinajstić information content (AvgIpc) is 2.92. The maximum absolute atomic E-state index is 10.9. The van der Waals surface area contributed by atoms with Crippen LogP contribution in [0.4, 0.5) is 4.79 Å². The lowest BCUT2D eigenvalue weighted by atomic mass is 9.95. The van der Waals surface area contributed by atoms with Crippen LogP contribution in [0.1, 0.15) is 17.7 Å². The summed E-state index contributed by atoms with van der Waals surface area (Å²) in [5.41, 5.74) is -0.620. The smallest absolute Gasteiger partial charge is 0.407 e. The van der Waals surface area contributed by atoms with Gasteiger partial charge < -0.3 is 15.1 Å². The molecule has 1 aromatic heterocycles. The van der Waals surface area contributed by atoms with Gasteiger partial charge in [-0.25, -0.2) is 4.79 Å². The zero-order valence-electron chi connectivity index (χ0n) is 10.1. The Kier molecular flexibility index (Phi) is 2.83. The first-order chi connectivity index (χ1) is 8.56. The third-order valence-electron chi connectivity index (χ3n) is 4.21. The topological polar surface area (TPSA) is 60.8 Å². The van der Waals surface area contributed by atoms with E-state index in [2.05, 4.69) is 6.07 Å². The minimum atomic E-state index is -0.828. The molecular weight excluding hydrogens is 250 g/mol. The molecule has 2 fully saturated rings. The number of likely N-dealkylation sites (tertiary alicyclic amines) is 1. The van der Waals surface area contributed by atoms with Crippen molar-refractivity contribution in [1.82, 2.24) is 4.90 Å². The minimum Gasteiger partial charge on any atom is -0.465 e. The van der Waals surface area contributed by atoms with Gasteiger partial charge in [0.05, 0.1) is 5.60 Å². The van der Waals surface area contributed by atoms with Gasteiger partial charge in [-0.2, -0.15) is 0 Å². The van der Waals surface area contributed by atoms with Crippen LogP contribution < -0.4 is 0 Å². The van der Waals surface area contributed by atoms with E-state index in [9.17, 15) is 9.90 Å². The number of fused-ring (bicyclic) bond motifs is 1. The highest BCUT2D eigenvalue weighted by Crippen LogP contribution is 2.45. The van der Waals surface area contributed by atoms with Crippen LogP contribution in [-0.4, -0.2) is 39.9 Å². The summed E-state index contributed by atoms with van der Waals surface area (Å²) in [5.74, 6) is 0.678. The molecule has 0 aromatic carbocycles. The van der Waals surface area contributed by atoms with Gasteiger partial charge in [0.1, 0.15) is 0 Å². The average molecular weight is 267 g/mol. The van der Waals surface area contributed by atoms with Crippen LogP contribution in [-0.2, 0) is 6.42 Å². The number of amides is 1. The van der Waals surface area contributed by atoms with E-state index < -0.39 is 11.7 Å². The number of hydrogen-bond donors (Lipinski definition) is 2. The van der Waals surface area contributed by atoms with Crippen LogP contribution in [0.2, 0.25) is 0 Å². The molecule has 1 unspecified atom stereocenters. The number of aliphatic hydroxyl groups is 1. The van der Waals surface area contributed by atoms with E-state index in [0.29, 0.717) is 31.3 Å². The second-order valence-electron chi connectivity index (χ2n) is 5.60. The highest BCUT2D eigenvalue weighted by molar-refractivity contribution is 7.09. The Bertz CT molecular complexity index is 431. The molecule has 1 aromatic rings. The Hall–Kier alpha value is -1.07. The van der Waals surface area contributed by atoms with E-state index in [4.69, 9.17) is 5.11 Å². The summed E-state index contributed by atoms with van der Waals surface area (Å²) in [5, 5.41) is 21.6. The molecule has 1 amide bonds. The Labute approximate surface area is 110 Å². The molecule has 3 rings (SSSR count). The Balaban J connectivity index is 1.65. The molecule has 0 spiro atoms.